The topological polar surface area (TPSA) is 48.0 Å². The third-order valence-corrected chi connectivity index (χ3v) is 4.06. The van der Waals surface area contributed by atoms with Gasteiger partial charge in [0, 0.05) is 25.7 Å². The van der Waals surface area contributed by atoms with Gasteiger partial charge in [-0.1, -0.05) is 6.92 Å². The van der Waals surface area contributed by atoms with Gasteiger partial charge in [-0.05, 0) is 36.2 Å². The summed E-state index contributed by atoms with van der Waals surface area (Å²) in [6.07, 6.45) is -0.243. The third-order valence-electron chi connectivity index (χ3n) is 4.06. The van der Waals surface area contributed by atoms with E-state index < -0.39 is 17.7 Å². The van der Waals surface area contributed by atoms with E-state index in [4.69, 9.17) is 14.2 Å². The second kappa shape index (κ2) is 8.70. The van der Waals surface area contributed by atoms with Gasteiger partial charge >= 0.3 is 0 Å². The van der Waals surface area contributed by atoms with Crippen LogP contribution in [0.4, 0.5) is 8.78 Å². The number of methoxy groups -OCH3 is 2. The molecule has 0 heterocycles. The lowest BCUT2D eigenvalue weighted by atomic mass is 10.0. The summed E-state index contributed by atoms with van der Waals surface area (Å²) < 4.78 is 44.4. The number of amides is 1. The van der Waals surface area contributed by atoms with Gasteiger partial charge in [0.2, 0.25) is 5.82 Å². The van der Waals surface area contributed by atoms with Gasteiger partial charge in [0.05, 0.1) is 14.2 Å². The van der Waals surface area contributed by atoms with Crippen molar-refractivity contribution in [3.05, 3.63) is 42.0 Å². The highest BCUT2D eigenvalue weighted by atomic mass is 19.2. The predicted molar refractivity (Wildman–Crippen MR) is 98.3 cm³/mol. The Kier molecular flexibility index (Phi) is 6.60. The molecule has 0 aromatic heterocycles. The SMILES string of the molecule is CCC(Oc1cc(OC)cc(-c2ccc(OC)c(F)c2F)c1)C(=O)N(C)C. The van der Waals surface area contributed by atoms with E-state index in [0.717, 1.165) is 0 Å². The molecule has 1 unspecified atom stereocenters. The maximum atomic E-state index is 14.5. The second-order valence-electron chi connectivity index (χ2n) is 6.09. The average molecular weight is 379 g/mol. The normalized spacial score (nSPS) is 11.7. The maximum Gasteiger partial charge on any atom is 0.263 e. The molecule has 0 aliphatic heterocycles. The minimum Gasteiger partial charge on any atom is -0.497 e. The van der Waals surface area contributed by atoms with Crippen LogP contribution in [0.5, 0.6) is 17.2 Å². The Labute approximate surface area is 157 Å². The molecule has 0 aliphatic rings. The number of nitrogens with zero attached hydrogens (tertiary/aromatic N) is 1. The first-order chi connectivity index (χ1) is 12.8. The molecule has 7 heteroatoms. The molecule has 0 aliphatic carbocycles. The Balaban J connectivity index is 2.47. The molecule has 5 nitrogen and oxygen atoms in total. The molecule has 146 valence electrons. The molecule has 27 heavy (non-hydrogen) atoms. The van der Waals surface area contributed by atoms with Crippen LogP contribution in [0.25, 0.3) is 11.1 Å². The van der Waals surface area contributed by atoms with E-state index in [-0.39, 0.29) is 17.2 Å². The van der Waals surface area contributed by atoms with Crippen molar-refractivity contribution in [2.45, 2.75) is 19.4 Å². The standard InChI is InChI=1S/C20H23F2NO4/c1-6-16(20(24)23(2)3)27-14-10-12(9-13(11-14)25-4)15-7-8-17(26-5)19(22)18(15)21/h7-11,16H,6H2,1-5H3. The molecular formula is C20H23F2NO4. The number of carbonyl (C=O) groups excluding carboxylic acids is 1. The quantitative estimate of drug-likeness (QED) is 0.732. The highest BCUT2D eigenvalue weighted by Crippen LogP contribution is 2.34. The largest absolute Gasteiger partial charge is 0.497 e. The fourth-order valence-corrected chi connectivity index (χ4v) is 2.59. The van der Waals surface area contributed by atoms with Crippen molar-refractivity contribution in [3.63, 3.8) is 0 Å². The van der Waals surface area contributed by atoms with Crippen LogP contribution in [0.1, 0.15) is 13.3 Å². The summed E-state index contributed by atoms with van der Waals surface area (Å²) >= 11 is 0. The molecule has 2 aromatic rings. The molecule has 0 N–H and O–H groups in total. The van der Waals surface area contributed by atoms with E-state index in [1.54, 1.807) is 32.3 Å². The number of carbonyl (C=O) groups is 1. The molecule has 1 amide bonds. The van der Waals surface area contributed by atoms with E-state index in [0.29, 0.717) is 23.5 Å². The summed E-state index contributed by atoms with van der Waals surface area (Å²) in [4.78, 5) is 13.6. The number of rotatable bonds is 7. The van der Waals surface area contributed by atoms with Crippen LogP contribution in [0.3, 0.4) is 0 Å². The lowest BCUT2D eigenvalue weighted by molar-refractivity contribution is -0.136. The molecule has 2 aromatic carbocycles. The molecule has 2 rings (SSSR count). The highest BCUT2D eigenvalue weighted by molar-refractivity contribution is 5.80. The molecule has 1 atom stereocenters. The Morgan fingerprint density at radius 2 is 1.70 bits per heavy atom. The van der Waals surface area contributed by atoms with E-state index >= 15 is 0 Å². The molecule has 0 fully saturated rings. The fourth-order valence-electron chi connectivity index (χ4n) is 2.59. The average Bonchev–Trinajstić information content (AvgIpc) is 2.67. The van der Waals surface area contributed by atoms with E-state index in [1.807, 2.05) is 6.92 Å². The van der Waals surface area contributed by atoms with E-state index in [2.05, 4.69) is 0 Å². The summed E-state index contributed by atoms with van der Waals surface area (Å²) in [6, 6.07) is 7.45. The summed E-state index contributed by atoms with van der Waals surface area (Å²) in [6.45, 7) is 1.83. The molecular weight excluding hydrogens is 356 g/mol. The number of halogens is 2. The summed E-state index contributed by atoms with van der Waals surface area (Å²) in [5.74, 6) is -1.77. The van der Waals surface area contributed by atoms with Crippen LogP contribution in [0, 0.1) is 11.6 Å². The van der Waals surface area contributed by atoms with Gasteiger partial charge in [-0.25, -0.2) is 4.39 Å². The van der Waals surface area contributed by atoms with E-state index in [1.165, 1.54) is 31.3 Å². The van der Waals surface area contributed by atoms with Crippen molar-refractivity contribution < 1.29 is 27.8 Å². The number of benzene rings is 2. The van der Waals surface area contributed by atoms with Gasteiger partial charge in [-0.2, -0.15) is 4.39 Å². The lowest BCUT2D eigenvalue weighted by Gasteiger charge is -2.21. The molecule has 0 spiro atoms. The van der Waals surface area contributed by atoms with Crippen molar-refractivity contribution in [2.75, 3.05) is 28.3 Å². The van der Waals surface area contributed by atoms with Crippen molar-refractivity contribution in [3.8, 4) is 28.4 Å². The van der Waals surface area contributed by atoms with Crippen LogP contribution in [0.2, 0.25) is 0 Å². The van der Waals surface area contributed by atoms with Gasteiger partial charge in [0.15, 0.2) is 17.7 Å². The minimum absolute atomic E-state index is 0.0315. The lowest BCUT2D eigenvalue weighted by Crippen LogP contribution is -2.37. The van der Waals surface area contributed by atoms with Crippen LogP contribution in [-0.2, 0) is 4.79 Å². The van der Waals surface area contributed by atoms with Crippen molar-refractivity contribution in [2.24, 2.45) is 0 Å². The zero-order chi connectivity index (χ0) is 20.1. The molecule has 0 bridgehead atoms. The first-order valence-corrected chi connectivity index (χ1v) is 8.41. The third kappa shape index (κ3) is 4.48. The number of ether oxygens (including phenoxy) is 3. The molecule has 0 radical (unpaired) electrons. The Bertz CT molecular complexity index is 824. The Hall–Kier alpha value is -2.83. The summed E-state index contributed by atoms with van der Waals surface area (Å²) in [7, 11) is 6.00. The number of hydrogen-bond donors (Lipinski definition) is 0. The summed E-state index contributed by atoms with van der Waals surface area (Å²) in [5, 5.41) is 0. The molecule has 0 saturated carbocycles. The van der Waals surface area contributed by atoms with Crippen LogP contribution in [0.15, 0.2) is 30.3 Å². The Morgan fingerprint density at radius 1 is 1.04 bits per heavy atom. The van der Waals surface area contributed by atoms with Gasteiger partial charge in [-0.3, -0.25) is 4.79 Å². The maximum absolute atomic E-state index is 14.5. The second-order valence-corrected chi connectivity index (χ2v) is 6.09. The monoisotopic (exact) mass is 379 g/mol. The summed E-state index contributed by atoms with van der Waals surface area (Å²) in [5.41, 5.74) is 0.389. The molecule has 0 saturated heterocycles. The highest BCUT2D eigenvalue weighted by Gasteiger charge is 2.22. The minimum atomic E-state index is -1.07. The first-order valence-electron chi connectivity index (χ1n) is 8.41. The van der Waals surface area contributed by atoms with Gasteiger partial charge in [-0.15, -0.1) is 0 Å². The van der Waals surface area contributed by atoms with Crippen LogP contribution < -0.4 is 14.2 Å². The van der Waals surface area contributed by atoms with Gasteiger partial charge in [0.25, 0.3) is 5.91 Å². The zero-order valence-corrected chi connectivity index (χ0v) is 16.0. The Morgan fingerprint density at radius 3 is 2.26 bits per heavy atom. The van der Waals surface area contributed by atoms with Crippen LogP contribution >= 0.6 is 0 Å². The van der Waals surface area contributed by atoms with Crippen LogP contribution in [-0.4, -0.2) is 45.2 Å². The van der Waals surface area contributed by atoms with E-state index in [9.17, 15) is 13.6 Å². The van der Waals surface area contributed by atoms with Gasteiger partial charge < -0.3 is 19.1 Å². The van der Waals surface area contributed by atoms with Gasteiger partial charge in [0.1, 0.15) is 11.5 Å². The van der Waals surface area contributed by atoms with Crippen molar-refractivity contribution in [1.82, 2.24) is 4.90 Å². The fraction of sp³-hybridized carbons (Fsp3) is 0.350. The smallest absolute Gasteiger partial charge is 0.263 e. The van der Waals surface area contributed by atoms with Crippen molar-refractivity contribution >= 4 is 5.91 Å². The zero-order valence-electron chi connectivity index (χ0n) is 16.0. The van der Waals surface area contributed by atoms with Crippen molar-refractivity contribution in [1.29, 1.82) is 0 Å². The first kappa shape index (κ1) is 20.5. The number of hydrogen-bond acceptors (Lipinski definition) is 4. The predicted octanol–water partition coefficient (Wildman–Crippen LogP) is 3.89. The number of likely N-dealkylation sites (N-methyl/N-ethyl adjacent to an activating group) is 1.